The molecule has 0 saturated carbocycles. The second-order valence-electron chi connectivity index (χ2n) is 5.14. The zero-order valence-corrected chi connectivity index (χ0v) is 12.0. The van der Waals surface area contributed by atoms with Gasteiger partial charge in [-0.1, -0.05) is 42.5 Å². The van der Waals surface area contributed by atoms with E-state index in [-0.39, 0.29) is 11.8 Å². The van der Waals surface area contributed by atoms with Crippen molar-refractivity contribution in [2.45, 2.75) is 12.8 Å². The monoisotopic (exact) mass is 267 g/mol. The van der Waals surface area contributed by atoms with E-state index in [2.05, 4.69) is 30.0 Å². The minimum Gasteiger partial charge on any atom is -0.387 e. The molecular weight excluding hydrogens is 246 g/mol. The first kappa shape index (κ1) is 14.1. The largest absolute Gasteiger partial charge is 0.387 e. The molecule has 1 unspecified atom stereocenters. The topological polar surface area (TPSA) is 53.1 Å². The lowest BCUT2D eigenvalue weighted by atomic mass is 9.97. The van der Waals surface area contributed by atoms with Gasteiger partial charge in [-0.2, -0.15) is 0 Å². The van der Waals surface area contributed by atoms with Crippen LogP contribution in [0.4, 0.5) is 5.69 Å². The van der Waals surface area contributed by atoms with Gasteiger partial charge in [0.05, 0.1) is 11.8 Å². The fraction of sp³-hybridized carbons (Fsp3) is 0.235. The van der Waals surface area contributed by atoms with Crippen LogP contribution in [0.25, 0.3) is 0 Å². The van der Waals surface area contributed by atoms with Crippen molar-refractivity contribution in [3.05, 3.63) is 65.7 Å². The van der Waals surface area contributed by atoms with Gasteiger partial charge >= 0.3 is 0 Å². The van der Waals surface area contributed by atoms with E-state index < -0.39 is 0 Å². The average molecular weight is 267 g/mol. The molecule has 0 aliphatic heterocycles. The van der Waals surface area contributed by atoms with Crippen molar-refractivity contribution in [1.29, 1.82) is 5.41 Å². The summed E-state index contributed by atoms with van der Waals surface area (Å²) in [6, 6.07) is 18.3. The quantitative estimate of drug-likeness (QED) is 0.646. The summed E-state index contributed by atoms with van der Waals surface area (Å²) in [6.07, 6.45) is 0. The summed E-state index contributed by atoms with van der Waals surface area (Å²) in [7, 11) is 2.04. The highest BCUT2D eigenvalue weighted by Crippen LogP contribution is 2.21. The predicted molar refractivity (Wildman–Crippen MR) is 85.5 cm³/mol. The standard InChI is InChI=1S/C17H21N3/c1-13-7-6-10-15(11-13)20(2)12-16(17(18)19)14-8-4-3-5-9-14/h3-11,16H,12H2,1-2H3,(H3,18,19). The smallest absolute Gasteiger partial charge is 0.1000 e. The number of benzene rings is 2. The highest BCUT2D eigenvalue weighted by Gasteiger charge is 2.17. The van der Waals surface area contributed by atoms with E-state index in [4.69, 9.17) is 11.1 Å². The van der Waals surface area contributed by atoms with Crippen LogP contribution < -0.4 is 10.6 Å². The number of hydrogen-bond acceptors (Lipinski definition) is 2. The summed E-state index contributed by atoms with van der Waals surface area (Å²) in [5.41, 5.74) is 9.24. The zero-order chi connectivity index (χ0) is 14.5. The number of likely N-dealkylation sites (N-methyl/N-ethyl adjacent to an activating group) is 1. The van der Waals surface area contributed by atoms with Crippen molar-refractivity contribution >= 4 is 11.5 Å². The van der Waals surface area contributed by atoms with Crippen LogP contribution in [-0.4, -0.2) is 19.4 Å². The number of nitrogens with two attached hydrogens (primary N) is 1. The van der Waals surface area contributed by atoms with E-state index in [9.17, 15) is 0 Å². The maximum absolute atomic E-state index is 7.84. The molecule has 2 aromatic rings. The normalized spacial score (nSPS) is 11.9. The Morgan fingerprint density at radius 3 is 2.45 bits per heavy atom. The minimum absolute atomic E-state index is 0.0817. The van der Waals surface area contributed by atoms with Gasteiger partial charge in [0.2, 0.25) is 0 Å². The van der Waals surface area contributed by atoms with Crippen LogP contribution in [-0.2, 0) is 0 Å². The van der Waals surface area contributed by atoms with E-state index in [0.29, 0.717) is 6.54 Å². The van der Waals surface area contributed by atoms with Gasteiger partial charge in [0.25, 0.3) is 0 Å². The van der Waals surface area contributed by atoms with Crippen molar-refractivity contribution in [2.75, 3.05) is 18.5 Å². The lowest BCUT2D eigenvalue weighted by molar-refractivity contribution is 0.812. The van der Waals surface area contributed by atoms with Gasteiger partial charge in [-0.05, 0) is 30.2 Å². The molecule has 2 aromatic carbocycles. The fourth-order valence-corrected chi connectivity index (χ4v) is 2.31. The maximum Gasteiger partial charge on any atom is 0.1000 e. The molecule has 2 rings (SSSR count). The van der Waals surface area contributed by atoms with Crippen LogP contribution in [0.2, 0.25) is 0 Å². The maximum atomic E-state index is 7.84. The SMILES string of the molecule is Cc1cccc(N(C)CC(C(=N)N)c2ccccc2)c1. The third kappa shape index (κ3) is 3.38. The molecule has 0 radical (unpaired) electrons. The van der Waals surface area contributed by atoms with E-state index in [1.54, 1.807) is 0 Å². The Bertz CT molecular complexity index is 578. The van der Waals surface area contributed by atoms with Gasteiger partial charge < -0.3 is 10.6 Å². The van der Waals surface area contributed by atoms with Crippen molar-refractivity contribution in [2.24, 2.45) is 5.73 Å². The van der Waals surface area contributed by atoms with Gasteiger partial charge in [-0.15, -0.1) is 0 Å². The van der Waals surface area contributed by atoms with Crippen LogP contribution in [0.5, 0.6) is 0 Å². The third-order valence-electron chi connectivity index (χ3n) is 3.48. The molecule has 0 heterocycles. The summed E-state index contributed by atoms with van der Waals surface area (Å²) >= 11 is 0. The molecule has 0 amide bonds. The first-order valence-corrected chi connectivity index (χ1v) is 6.74. The molecule has 0 fully saturated rings. The molecule has 0 aromatic heterocycles. The minimum atomic E-state index is -0.0817. The van der Waals surface area contributed by atoms with Crippen LogP contribution in [0, 0.1) is 12.3 Å². The summed E-state index contributed by atoms with van der Waals surface area (Å²) in [5.74, 6) is 0.123. The van der Waals surface area contributed by atoms with Crippen molar-refractivity contribution in [1.82, 2.24) is 0 Å². The number of hydrogen-bond donors (Lipinski definition) is 2. The van der Waals surface area contributed by atoms with Crippen molar-refractivity contribution in [3.63, 3.8) is 0 Å². The molecule has 0 aliphatic carbocycles. The highest BCUT2D eigenvalue weighted by molar-refractivity contribution is 5.85. The van der Waals surface area contributed by atoms with Gasteiger partial charge in [0.15, 0.2) is 0 Å². The highest BCUT2D eigenvalue weighted by atomic mass is 15.1. The van der Waals surface area contributed by atoms with E-state index >= 15 is 0 Å². The summed E-state index contributed by atoms with van der Waals surface area (Å²) < 4.78 is 0. The lowest BCUT2D eigenvalue weighted by Crippen LogP contribution is -2.32. The average Bonchev–Trinajstić information content (AvgIpc) is 2.45. The predicted octanol–water partition coefficient (Wildman–Crippen LogP) is 3.15. The van der Waals surface area contributed by atoms with Gasteiger partial charge in [-0.25, -0.2) is 0 Å². The molecule has 1 atom stereocenters. The molecule has 20 heavy (non-hydrogen) atoms. The Balaban J connectivity index is 2.19. The van der Waals surface area contributed by atoms with Gasteiger partial charge in [0, 0.05) is 19.3 Å². The molecule has 3 heteroatoms. The third-order valence-corrected chi connectivity index (χ3v) is 3.48. The summed E-state index contributed by atoms with van der Waals surface area (Å²) in [4.78, 5) is 2.14. The molecule has 3 nitrogen and oxygen atoms in total. The molecule has 104 valence electrons. The molecular formula is C17H21N3. The first-order valence-electron chi connectivity index (χ1n) is 6.74. The van der Waals surface area contributed by atoms with Crippen LogP contribution in [0.1, 0.15) is 17.0 Å². The van der Waals surface area contributed by atoms with Crippen LogP contribution in [0.15, 0.2) is 54.6 Å². The molecule has 0 aliphatic rings. The van der Waals surface area contributed by atoms with E-state index in [1.165, 1.54) is 5.56 Å². The Labute approximate surface area is 120 Å². The van der Waals surface area contributed by atoms with E-state index in [1.807, 2.05) is 43.4 Å². The van der Waals surface area contributed by atoms with Gasteiger partial charge in [0.1, 0.15) is 0 Å². The Morgan fingerprint density at radius 2 is 1.85 bits per heavy atom. The number of rotatable bonds is 5. The summed E-state index contributed by atoms with van der Waals surface area (Å²) in [5, 5.41) is 7.84. The van der Waals surface area contributed by atoms with Crippen LogP contribution >= 0.6 is 0 Å². The molecule has 0 bridgehead atoms. The molecule has 0 saturated heterocycles. The number of amidine groups is 1. The Hall–Kier alpha value is -2.29. The number of nitrogens with zero attached hydrogens (tertiary/aromatic N) is 1. The number of aryl methyl sites for hydroxylation is 1. The lowest BCUT2D eigenvalue weighted by Gasteiger charge is -2.25. The second kappa shape index (κ2) is 6.24. The van der Waals surface area contributed by atoms with Crippen molar-refractivity contribution < 1.29 is 0 Å². The molecule has 0 spiro atoms. The fourth-order valence-electron chi connectivity index (χ4n) is 2.31. The first-order chi connectivity index (χ1) is 9.58. The second-order valence-corrected chi connectivity index (χ2v) is 5.14. The molecule has 3 N–H and O–H groups in total. The van der Waals surface area contributed by atoms with Crippen molar-refractivity contribution in [3.8, 4) is 0 Å². The Morgan fingerprint density at radius 1 is 1.15 bits per heavy atom. The van der Waals surface area contributed by atoms with Crippen LogP contribution in [0.3, 0.4) is 0 Å². The zero-order valence-electron chi connectivity index (χ0n) is 12.0. The Kier molecular flexibility index (Phi) is 4.41. The number of nitrogens with one attached hydrogen (secondary N) is 1. The van der Waals surface area contributed by atoms with E-state index in [0.717, 1.165) is 11.3 Å². The number of anilines is 1. The summed E-state index contributed by atoms with van der Waals surface area (Å²) in [6.45, 7) is 2.78. The van der Waals surface area contributed by atoms with Gasteiger partial charge in [-0.3, -0.25) is 5.41 Å².